The maximum absolute atomic E-state index is 12.3. The number of fused-ring (bicyclic) bond motifs is 1. The Morgan fingerprint density at radius 3 is 2.40 bits per heavy atom. The number of esters is 1. The van der Waals surface area contributed by atoms with Gasteiger partial charge in [-0.1, -0.05) is 48.5 Å². The van der Waals surface area contributed by atoms with Crippen molar-refractivity contribution in [1.29, 1.82) is 0 Å². The fourth-order valence-electron chi connectivity index (χ4n) is 3.90. The molecule has 0 aliphatic carbocycles. The highest BCUT2D eigenvalue weighted by atomic mass is 35.5. The van der Waals surface area contributed by atoms with E-state index in [2.05, 4.69) is 41.3 Å². The van der Waals surface area contributed by atoms with Gasteiger partial charge in [-0.3, -0.25) is 0 Å². The third-order valence-corrected chi connectivity index (χ3v) is 5.39. The number of hydrogen-bond donors (Lipinski definition) is 0. The summed E-state index contributed by atoms with van der Waals surface area (Å²) in [5.74, 6) is -0.144. The van der Waals surface area contributed by atoms with E-state index in [1.165, 1.54) is 5.56 Å². The molecule has 4 heteroatoms. The molecule has 0 bridgehead atoms. The Morgan fingerprint density at radius 2 is 1.64 bits per heavy atom. The van der Waals surface area contributed by atoms with Crippen molar-refractivity contribution in [2.75, 3.05) is 19.6 Å². The molecule has 1 spiro atoms. The number of carbonyl (C=O) groups excluding carboxylic acids is 1. The van der Waals surface area contributed by atoms with Gasteiger partial charge in [0.15, 0.2) is 0 Å². The molecule has 0 atom stereocenters. The zero-order valence-electron chi connectivity index (χ0n) is 14.3. The van der Waals surface area contributed by atoms with Crippen LogP contribution >= 0.6 is 12.4 Å². The van der Waals surface area contributed by atoms with Crippen LogP contribution in [0, 0.1) is 0 Å². The van der Waals surface area contributed by atoms with Gasteiger partial charge in [0, 0.05) is 38.9 Å². The number of rotatable bonds is 3. The molecule has 0 amide bonds. The lowest BCUT2D eigenvalue weighted by atomic mass is 9.81. The first kappa shape index (κ1) is 18.0. The molecule has 0 aromatic heterocycles. The zero-order chi connectivity index (χ0) is 16.4. The summed E-state index contributed by atoms with van der Waals surface area (Å²) >= 11 is 0. The van der Waals surface area contributed by atoms with Crippen LogP contribution in [0.3, 0.4) is 0 Å². The van der Waals surface area contributed by atoms with Gasteiger partial charge in [0.05, 0.1) is 5.56 Å². The van der Waals surface area contributed by atoms with E-state index in [1.807, 2.05) is 18.2 Å². The lowest BCUT2D eigenvalue weighted by molar-refractivity contribution is -0.0563. The Morgan fingerprint density at radius 1 is 0.960 bits per heavy atom. The highest BCUT2D eigenvalue weighted by Gasteiger charge is 2.42. The maximum atomic E-state index is 12.3. The molecule has 2 aliphatic rings. The van der Waals surface area contributed by atoms with Crippen molar-refractivity contribution in [2.24, 2.45) is 0 Å². The number of benzene rings is 2. The normalized spacial score (nSPS) is 19.0. The van der Waals surface area contributed by atoms with Crippen LogP contribution in [-0.4, -0.2) is 36.1 Å². The summed E-state index contributed by atoms with van der Waals surface area (Å²) in [4.78, 5) is 14.8. The number of carbonyl (C=O) groups is 1. The minimum absolute atomic E-state index is 0. The van der Waals surface area contributed by atoms with Crippen LogP contribution in [-0.2, 0) is 17.6 Å². The summed E-state index contributed by atoms with van der Waals surface area (Å²) in [6, 6.07) is 18.5. The van der Waals surface area contributed by atoms with Gasteiger partial charge in [0.2, 0.25) is 0 Å². The Hall–Kier alpha value is -1.84. The quantitative estimate of drug-likeness (QED) is 0.780. The third-order valence-electron chi connectivity index (χ3n) is 5.39. The van der Waals surface area contributed by atoms with Crippen LogP contribution in [0.15, 0.2) is 54.6 Å². The predicted octanol–water partition coefficient (Wildman–Crippen LogP) is 3.90. The molecular formula is C21H24ClNO2. The predicted molar refractivity (Wildman–Crippen MR) is 101 cm³/mol. The highest BCUT2D eigenvalue weighted by Crippen LogP contribution is 2.36. The third kappa shape index (κ3) is 3.88. The number of ether oxygens (including phenoxy) is 1. The Kier molecular flexibility index (Phi) is 5.45. The summed E-state index contributed by atoms with van der Waals surface area (Å²) in [7, 11) is 0. The summed E-state index contributed by atoms with van der Waals surface area (Å²) in [6.07, 6.45) is 3.81. The standard InChI is InChI=1S/C21H23NO2.ClH/c23-20-19-9-5-4-8-18(19)16-21(24-20)11-14-22(15-12-21)13-10-17-6-2-1-3-7-17;/h1-9H,10-16H2;1H. The van der Waals surface area contributed by atoms with Crippen LogP contribution in [0.5, 0.6) is 0 Å². The van der Waals surface area contributed by atoms with Gasteiger partial charge in [-0.25, -0.2) is 4.79 Å². The van der Waals surface area contributed by atoms with Crippen molar-refractivity contribution in [3.05, 3.63) is 71.3 Å². The van der Waals surface area contributed by atoms with Crippen LogP contribution in [0.1, 0.15) is 34.3 Å². The molecule has 0 radical (unpaired) electrons. The van der Waals surface area contributed by atoms with Crippen molar-refractivity contribution in [3.8, 4) is 0 Å². The van der Waals surface area contributed by atoms with Gasteiger partial charge in [-0.05, 0) is 23.6 Å². The first-order valence-electron chi connectivity index (χ1n) is 8.82. The number of piperidine rings is 1. The first-order chi connectivity index (χ1) is 11.7. The summed E-state index contributed by atoms with van der Waals surface area (Å²) in [6.45, 7) is 3.08. The molecular weight excluding hydrogens is 334 g/mol. The average molecular weight is 358 g/mol. The molecule has 25 heavy (non-hydrogen) atoms. The van der Waals surface area contributed by atoms with Crippen molar-refractivity contribution in [1.82, 2.24) is 4.90 Å². The van der Waals surface area contributed by atoms with Gasteiger partial charge < -0.3 is 9.64 Å². The van der Waals surface area contributed by atoms with Gasteiger partial charge in [0.25, 0.3) is 0 Å². The average Bonchev–Trinajstić information content (AvgIpc) is 2.62. The first-order valence-corrected chi connectivity index (χ1v) is 8.82. The SMILES string of the molecule is Cl.O=C1OC2(CCN(CCc3ccccc3)CC2)Cc2ccccc21. The second-order valence-corrected chi connectivity index (χ2v) is 6.98. The van der Waals surface area contributed by atoms with Crippen LogP contribution < -0.4 is 0 Å². The number of likely N-dealkylation sites (tertiary alicyclic amines) is 1. The topological polar surface area (TPSA) is 29.5 Å². The molecule has 4 rings (SSSR count). The molecule has 132 valence electrons. The summed E-state index contributed by atoms with van der Waals surface area (Å²) in [5, 5.41) is 0. The van der Waals surface area contributed by atoms with Gasteiger partial charge in [-0.2, -0.15) is 0 Å². The minimum atomic E-state index is -0.283. The van der Waals surface area contributed by atoms with E-state index in [0.717, 1.165) is 56.4 Å². The van der Waals surface area contributed by atoms with E-state index in [9.17, 15) is 4.79 Å². The van der Waals surface area contributed by atoms with Gasteiger partial charge in [0.1, 0.15) is 5.60 Å². The second kappa shape index (κ2) is 7.59. The largest absolute Gasteiger partial charge is 0.455 e. The lowest BCUT2D eigenvalue weighted by Crippen LogP contribution is -2.50. The maximum Gasteiger partial charge on any atom is 0.338 e. The van der Waals surface area contributed by atoms with E-state index in [0.29, 0.717) is 0 Å². The highest BCUT2D eigenvalue weighted by molar-refractivity contribution is 5.92. The zero-order valence-corrected chi connectivity index (χ0v) is 15.1. The Labute approximate surface area is 155 Å². The number of nitrogens with zero attached hydrogens (tertiary/aromatic N) is 1. The number of hydrogen-bond acceptors (Lipinski definition) is 3. The van der Waals surface area contributed by atoms with Gasteiger partial charge in [-0.15, -0.1) is 12.4 Å². The molecule has 2 aliphatic heterocycles. The molecule has 0 saturated carbocycles. The van der Waals surface area contributed by atoms with Crippen LogP contribution in [0.2, 0.25) is 0 Å². The molecule has 0 N–H and O–H groups in total. The Bertz CT molecular complexity index is 724. The molecule has 2 aromatic rings. The van der Waals surface area contributed by atoms with E-state index >= 15 is 0 Å². The smallest absolute Gasteiger partial charge is 0.338 e. The molecule has 1 saturated heterocycles. The van der Waals surface area contributed by atoms with Crippen LogP contribution in [0.25, 0.3) is 0 Å². The molecule has 0 unspecified atom stereocenters. The van der Waals surface area contributed by atoms with Crippen molar-refractivity contribution >= 4 is 18.4 Å². The van der Waals surface area contributed by atoms with Crippen molar-refractivity contribution in [2.45, 2.75) is 31.3 Å². The van der Waals surface area contributed by atoms with Crippen molar-refractivity contribution in [3.63, 3.8) is 0 Å². The molecule has 1 fully saturated rings. The van der Waals surface area contributed by atoms with Gasteiger partial charge >= 0.3 is 5.97 Å². The molecule has 3 nitrogen and oxygen atoms in total. The lowest BCUT2D eigenvalue weighted by Gasteiger charge is -2.43. The minimum Gasteiger partial charge on any atom is -0.455 e. The molecule has 2 heterocycles. The van der Waals surface area contributed by atoms with E-state index in [4.69, 9.17) is 4.74 Å². The van der Waals surface area contributed by atoms with E-state index < -0.39 is 0 Å². The number of halogens is 1. The summed E-state index contributed by atoms with van der Waals surface area (Å²) < 4.78 is 5.89. The van der Waals surface area contributed by atoms with Crippen molar-refractivity contribution < 1.29 is 9.53 Å². The Balaban J connectivity index is 0.00000182. The summed E-state index contributed by atoms with van der Waals surface area (Å²) in [5.41, 5.74) is 2.99. The molecule has 2 aromatic carbocycles. The second-order valence-electron chi connectivity index (χ2n) is 6.98. The van der Waals surface area contributed by atoms with E-state index in [1.54, 1.807) is 0 Å². The monoisotopic (exact) mass is 357 g/mol. The fraction of sp³-hybridized carbons (Fsp3) is 0.381. The fourth-order valence-corrected chi connectivity index (χ4v) is 3.90. The van der Waals surface area contributed by atoms with Crippen LogP contribution in [0.4, 0.5) is 0 Å². The van der Waals surface area contributed by atoms with E-state index in [-0.39, 0.29) is 24.0 Å².